The third-order valence-corrected chi connectivity index (χ3v) is 1.87. The fraction of sp³-hybridized carbons (Fsp3) is 0.143. The predicted octanol–water partition coefficient (Wildman–Crippen LogP) is 1.23. The molecule has 62 valence electrons. The van der Waals surface area contributed by atoms with Crippen molar-refractivity contribution in [2.24, 2.45) is 0 Å². The minimum Gasteiger partial charge on any atom is -0.768 e. The molecule has 0 N–H and O–H groups in total. The van der Waals surface area contributed by atoms with Crippen LogP contribution in [0.1, 0.15) is 5.56 Å². The normalized spacial score (nSPS) is 11.8. The van der Waals surface area contributed by atoms with Crippen molar-refractivity contribution in [2.75, 3.05) is 0 Å². The molecule has 0 aromatic heterocycles. The van der Waals surface area contributed by atoms with E-state index >= 15 is 0 Å². The van der Waals surface area contributed by atoms with Crippen molar-refractivity contribution < 1.29 is 25.8 Å². The van der Waals surface area contributed by atoms with Gasteiger partial charge in [-0.1, -0.05) is 17.7 Å². The summed E-state index contributed by atoms with van der Waals surface area (Å²) in [5, 5.41) is 0. The average Bonchev–Trinajstić information content (AvgIpc) is 1.88. The van der Waals surface area contributed by atoms with Crippen LogP contribution in [0.5, 0.6) is 0 Å². The van der Waals surface area contributed by atoms with Crippen molar-refractivity contribution in [1.29, 1.82) is 0 Å². The molecule has 11 heavy (non-hydrogen) atoms. The molecule has 0 aliphatic heterocycles. The fourth-order valence-corrected chi connectivity index (χ4v) is 1.01. The van der Waals surface area contributed by atoms with Crippen molar-refractivity contribution >= 4 is 11.1 Å². The number of hydrogen-bond acceptors (Lipinski definition) is 2. The van der Waals surface area contributed by atoms with E-state index in [2.05, 4.69) is 0 Å². The van der Waals surface area contributed by atoms with Gasteiger partial charge in [0.15, 0.2) is 0 Å². The zero-order valence-corrected chi connectivity index (χ0v) is 7.81. The summed E-state index contributed by atoms with van der Waals surface area (Å²) in [6, 6.07) is 6.70. The predicted molar refractivity (Wildman–Crippen MR) is 38.4 cm³/mol. The summed E-state index contributed by atoms with van der Waals surface area (Å²) in [5.74, 6) is 0. The van der Waals surface area contributed by atoms with Crippen molar-refractivity contribution in [3.63, 3.8) is 0 Å². The summed E-state index contributed by atoms with van der Waals surface area (Å²) in [6.45, 7) is 1.91. The van der Waals surface area contributed by atoms with Gasteiger partial charge in [-0.15, -0.1) is 0 Å². The van der Waals surface area contributed by atoms with Gasteiger partial charge >= 0.3 is 0 Å². The van der Waals surface area contributed by atoms with Crippen LogP contribution in [-0.4, -0.2) is 8.76 Å². The van der Waals surface area contributed by atoms with Crippen LogP contribution in [0.4, 0.5) is 0 Å². The Labute approximate surface area is 78.8 Å². The smallest absolute Gasteiger partial charge is 0.0248 e. The van der Waals surface area contributed by atoms with Crippen LogP contribution in [0, 0.1) is 6.92 Å². The molecule has 4 heteroatoms. The summed E-state index contributed by atoms with van der Waals surface area (Å²) in [5.41, 5.74) is 1.06. The van der Waals surface area contributed by atoms with Gasteiger partial charge in [-0.2, -0.15) is 0 Å². The van der Waals surface area contributed by atoms with E-state index in [4.69, 9.17) is 0 Å². The third-order valence-electron chi connectivity index (χ3n) is 1.21. The second-order valence-electron chi connectivity index (χ2n) is 2.05. The van der Waals surface area contributed by atoms with E-state index in [9.17, 15) is 8.76 Å². The molecular formula is C7H7FeO2S-. The SMILES string of the molecule is Cc1ccc(S(=O)[O-])cc1.[Fe]. The Morgan fingerprint density at radius 3 is 2.09 bits per heavy atom. The van der Waals surface area contributed by atoms with E-state index in [1.54, 1.807) is 24.3 Å². The zero-order valence-electron chi connectivity index (χ0n) is 5.89. The van der Waals surface area contributed by atoms with Crippen molar-refractivity contribution in [3.05, 3.63) is 29.8 Å². The van der Waals surface area contributed by atoms with Crippen LogP contribution in [-0.2, 0) is 28.1 Å². The first-order valence-corrected chi connectivity index (χ1v) is 3.93. The van der Waals surface area contributed by atoms with Gasteiger partial charge in [-0.25, -0.2) is 0 Å². The first kappa shape index (κ1) is 10.8. The molecule has 2 nitrogen and oxygen atoms in total. The molecular weight excluding hydrogens is 204 g/mol. The minimum absolute atomic E-state index is 0. The Kier molecular flexibility index (Phi) is 4.61. The van der Waals surface area contributed by atoms with Gasteiger partial charge in [0.1, 0.15) is 0 Å². The number of benzene rings is 1. The monoisotopic (exact) mass is 211 g/mol. The Hall–Kier alpha value is -0.151. The topological polar surface area (TPSA) is 40.1 Å². The van der Waals surface area contributed by atoms with E-state index in [1.165, 1.54) is 0 Å². The summed E-state index contributed by atoms with van der Waals surface area (Å²) in [4.78, 5) is 0.339. The minimum atomic E-state index is -2.09. The molecule has 0 heterocycles. The van der Waals surface area contributed by atoms with Crippen molar-refractivity contribution in [3.8, 4) is 0 Å². The summed E-state index contributed by atoms with van der Waals surface area (Å²) in [6.07, 6.45) is 0. The van der Waals surface area contributed by atoms with Gasteiger partial charge in [0, 0.05) is 22.0 Å². The van der Waals surface area contributed by atoms with Gasteiger partial charge in [-0.3, -0.25) is 4.21 Å². The molecule has 0 saturated heterocycles. The quantitative estimate of drug-likeness (QED) is 0.517. The molecule has 1 rings (SSSR count). The molecule has 0 fully saturated rings. The van der Waals surface area contributed by atoms with Gasteiger partial charge in [0.05, 0.1) is 0 Å². The van der Waals surface area contributed by atoms with E-state index in [-0.39, 0.29) is 17.1 Å². The molecule has 0 saturated carbocycles. The number of hydrogen-bond donors (Lipinski definition) is 0. The van der Waals surface area contributed by atoms with E-state index in [0.717, 1.165) is 5.56 Å². The second-order valence-corrected chi connectivity index (χ2v) is 2.99. The summed E-state index contributed by atoms with van der Waals surface area (Å²) in [7, 11) is 0. The van der Waals surface area contributed by atoms with E-state index in [0.29, 0.717) is 4.90 Å². The largest absolute Gasteiger partial charge is 0.768 e. The zero-order chi connectivity index (χ0) is 7.56. The molecule has 0 aliphatic carbocycles. The van der Waals surface area contributed by atoms with Crippen LogP contribution >= 0.6 is 0 Å². The van der Waals surface area contributed by atoms with Crippen LogP contribution < -0.4 is 0 Å². The Morgan fingerprint density at radius 2 is 1.73 bits per heavy atom. The fourth-order valence-electron chi connectivity index (χ4n) is 0.649. The van der Waals surface area contributed by atoms with Crippen LogP contribution in [0.2, 0.25) is 0 Å². The third kappa shape index (κ3) is 3.16. The van der Waals surface area contributed by atoms with E-state index in [1.807, 2.05) is 6.92 Å². The molecule has 0 spiro atoms. The van der Waals surface area contributed by atoms with E-state index < -0.39 is 11.1 Å². The van der Waals surface area contributed by atoms with Crippen molar-refractivity contribution in [2.45, 2.75) is 11.8 Å². The Morgan fingerprint density at radius 1 is 1.27 bits per heavy atom. The van der Waals surface area contributed by atoms with Gasteiger partial charge < -0.3 is 4.55 Å². The molecule has 1 aromatic rings. The first-order chi connectivity index (χ1) is 4.70. The molecule has 0 bridgehead atoms. The molecule has 1 atom stereocenters. The maximum atomic E-state index is 10.3. The summed E-state index contributed by atoms with van der Waals surface area (Å²) < 4.78 is 20.6. The standard InChI is InChI=1S/C7H8O2S.Fe/c1-6-2-4-7(5-3-6)10(8)9;/h2-5H,1H3,(H,8,9);/p-1. The maximum Gasteiger partial charge on any atom is 0.0248 e. The van der Waals surface area contributed by atoms with Gasteiger partial charge in [0.25, 0.3) is 0 Å². The maximum absolute atomic E-state index is 10.3. The van der Waals surface area contributed by atoms with Crippen LogP contribution in [0.15, 0.2) is 29.2 Å². The first-order valence-electron chi connectivity index (χ1n) is 2.86. The Bertz CT molecular complexity index is 245. The van der Waals surface area contributed by atoms with Crippen LogP contribution in [0.25, 0.3) is 0 Å². The molecule has 0 aliphatic rings. The Balaban J connectivity index is 0.000001000. The van der Waals surface area contributed by atoms with Crippen molar-refractivity contribution in [1.82, 2.24) is 0 Å². The molecule has 1 aromatic carbocycles. The molecule has 0 radical (unpaired) electrons. The second kappa shape index (κ2) is 4.67. The molecule has 0 amide bonds. The van der Waals surface area contributed by atoms with Gasteiger partial charge in [0.2, 0.25) is 0 Å². The summed E-state index contributed by atoms with van der Waals surface area (Å²) >= 11 is -2.09. The molecule has 1 unspecified atom stereocenters. The number of rotatable bonds is 1. The average molecular weight is 211 g/mol. The number of aryl methyl sites for hydroxylation is 1. The van der Waals surface area contributed by atoms with Crippen LogP contribution in [0.3, 0.4) is 0 Å². The van der Waals surface area contributed by atoms with Gasteiger partial charge in [-0.05, 0) is 30.1 Å².